The number of nitrogens with one attached hydrogen (secondary N) is 2. The van der Waals surface area contributed by atoms with Crippen LogP contribution in [-0.4, -0.2) is 45.0 Å². The van der Waals surface area contributed by atoms with Crippen LogP contribution in [-0.2, 0) is 17.6 Å². The molecule has 0 saturated carbocycles. The molecule has 0 aliphatic carbocycles. The fourth-order valence-corrected chi connectivity index (χ4v) is 3.84. The molecule has 3 heterocycles. The van der Waals surface area contributed by atoms with Crippen LogP contribution in [0.15, 0.2) is 41.3 Å². The van der Waals surface area contributed by atoms with Crippen molar-refractivity contribution >= 4 is 24.0 Å². The maximum Gasteiger partial charge on any atom is 0.276 e. The zero-order valence-electron chi connectivity index (χ0n) is 16.6. The number of piperazine rings is 1. The van der Waals surface area contributed by atoms with Crippen molar-refractivity contribution in [3.63, 3.8) is 0 Å². The minimum absolute atomic E-state index is 0. The van der Waals surface area contributed by atoms with Crippen LogP contribution in [0.4, 0.5) is 0 Å². The highest BCUT2D eigenvalue weighted by Gasteiger charge is 2.29. The second-order valence-electron chi connectivity index (χ2n) is 7.22. The van der Waals surface area contributed by atoms with Gasteiger partial charge in [0.1, 0.15) is 0 Å². The second kappa shape index (κ2) is 8.80. The van der Waals surface area contributed by atoms with Crippen molar-refractivity contribution in [1.29, 1.82) is 0 Å². The first kappa shape index (κ1) is 21.1. The summed E-state index contributed by atoms with van der Waals surface area (Å²) in [5.74, 6) is -0.0421. The van der Waals surface area contributed by atoms with Crippen molar-refractivity contribution in [1.82, 2.24) is 24.8 Å². The highest BCUT2D eigenvalue weighted by Crippen LogP contribution is 2.24. The van der Waals surface area contributed by atoms with Crippen molar-refractivity contribution in [3.8, 4) is 0 Å². The molecule has 154 valence electrons. The Morgan fingerprint density at radius 3 is 2.72 bits per heavy atom. The SMILES string of the molecule is CCc1ccc(C2CNCCN2C(=O)Cc2c(C)nc3cc[nH]n3c2=O)cc1.Cl. The first-order valence-corrected chi connectivity index (χ1v) is 9.73. The van der Waals surface area contributed by atoms with Gasteiger partial charge >= 0.3 is 0 Å². The zero-order valence-corrected chi connectivity index (χ0v) is 17.5. The lowest BCUT2D eigenvalue weighted by Crippen LogP contribution is -2.49. The van der Waals surface area contributed by atoms with Gasteiger partial charge in [-0.3, -0.25) is 14.7 Å². The lowest BCUT2D eigenvalue weighted by molar-refractivity contribution is -0.133. The zero-order chi connectivity index (χ0) is 19.7. The molecular formula is C21H26ClN5O2. The number of nitrogens with zero attached hydrogens (tertiary/aromatic N) is 3. The quantitative estimate of drug-likeness (QED) is 0.683. The second-order valence-corrected chi connectivity index (χ2v) is 7.22. The summed E-state index contributed by atoms with van der Waals surface area (Å²) < 4.78 is 1.38. The molecule has 29 heavy (non-hydrogen) atoms. The van der Waals surface area contributed by atoms with Gasteiger partial charge in [-0.2, -0.15) is 0 Å². The average Bonchev–Trinajstić information content (AvgIpc) is 3.19. The fourth-order valence-electron chi connectivity index (χ4n) is 3.84. The molecule has 3 aromatic rings. The van der Waals surface area contributed by atoms with Gasteiger partial charge in [0.2, 0.25) is 5.91 Å². The summed E-state index contributed by atoms with van der Waals surface area (Å²) in [5.41, 5.74) is 3.80. The van der Waals surface area contributed by atoms with E-state index in [9.17, 15) is 9.59 Å². The minimum atomic E-state index is -0.208. The summed E-state index contributed by atoms with van der Waals surface area (Å²) in [6, 6.07) is 10.1. The van der Waals surface area contributed by atoms with Crippen LogP contribution in [0, 0.1) is 6.92 Å². The Labute approximate surface area is 175 Å². The van der Waals surface area contributed by atoms with Gasteiger partial charge in [0.25, 0.3) is 5.56 Å². The monoisotopic (exact) mass is 415 g/mol. The van der Waals surface area contributed by atoms with E-state index >= 15 is 0 Å². The van der Waals surface area contributed by atoms with Crippen LogP contribution in [0.5, 0.6) is 0 Å². The van der Waals surface area contributed by atoms with Gasteiger partial charge in [-0.15, -0.1) is 12.4 Å². The molecule has 1 atom stereocenters. The Morgan fingerprint density at radius 1 is 1.24 bits per heavy atom. The summed E-state index contributed by atoms with van der Waals surface area (Å²) in [7, 11) is 0. The van der Waals surface area contributed by atoms with E-state index in [4.69, 9.17) is 0 Å². The highest BCUT2D eigenvalue weighted by molar-refractivity contribution is 5.85. The number of hydrogen-bond donors (Lipinski definition) is 2. The van der Waals surface area contributed by atoms with E-state index in [0.29, 0.717) is 30.0 Å². The van der Waals surface area contributed by atoms with E-state index in [0.717, 1.165) is 18.5 Å². The molecule has 0 bridgehead atoms. The third kappa shape index (κ3) is 4.06. The van der Waals surface area contributed by atoms with E-state index in [1.807, 2.05) is 4.90 Å². The number of rotatable bonds is 4. The van der Waals surface area contributed by atoms with Gasteiger partial charge < -0.3 is 10.2 Å². The van der Waals surface area contributed by atoms with E-state index in [1.165, 1.54) is 10.1 Å². The number of benzene rings is 1. The number of aryl methyl sites for hydroxylation is 2. The van der Waals surface area contributed by atoms with Crippen molar-refractivity contribution in [3.05, 3.63) is 69.3 Å². The van der Waals surface area contributed by atoms with Crippen molar-refractivity contribution in [2.45, 2.75) is 32.7 Å². The Kier molecular flexibility index (Phi) is 6.39. The molecule has 4 rings (SSSR count). The van der Waals surface area contributed by atoms with Gasteiger partial charge in [0.05, 0.1) is 12.5 Å². The summed E-state index contributed by atoms with van der Waals surface area (Å²) in [5, 5.41) is 6.24. The number of amides is 1. The van der Waals surface area contributed by atoms with Gasteiger partial charge in [-0.1, -0.05) is 31.2 Å². The largest absolute Gasteiger partial charge is 0.333 e. The van der Waals surface area contributed by atoms with Crippen molar-refractivity contribution in [2.24, 2.45) is 0 Å². The van der Waals surface area contributed by atoms with E-state index < -0.39 is 0 Å². The third-order valence-electron chi connectivity index (χ3n) is 5.51. The van der Waals surface area contributed by atoms with Gasteiger partial charge in [0, 0.05) is 43.2 Å². The lowest BCUT2D eigenvalue weighted by Gasteiger charge is -2.36. The van der Waals surface area contributed by atoms with Crippen LogP contribution in [0.3, 0.4) is 0 Å². The Bertz CT molecular complexity index is 1060. The smallest absolute Gasteiger partial charge is 0.276 e. The van der Waals surface area contributed by atoms with E-state index in [2.05, 4.69) is 46.6 Å². The topological polar surface area (TPSA) is 82.5 Å². The van der Waals surface area contributed by atoms with Crippen molar-refractivity contribution in [2.75, 3.05) is 19.6 Å². The summed E-state index contributed by atoms with van der Waals surface area (Å²) >= 11 is 0. The van der Waals surface area contributed by atoms with E-state index in [-0.39, 0.29) is 36.3 Å². The number of aromatic nitrogens is 3. The van der Waals surface area contributed by atoms with Gasteiger partial charge in [0.15, 0.2) is 5.65 Å². The maximum atomic E-state index is 13.2. The lowest BCUT2D eigenvalue weighted by atomic mass is 10.00. The molecule has 1 aliphatic heterocycles. The van der Waals surface area contributed by atoms with Crippen LogP contribution in [0.25, 0.3) is 5.65 Å². The van der Waals surface area contributed by atoms with Crippen LogP contribution >= 0.6 is 12.4 Å². The average molecular weight is 416 g/mol. The number of hydrogen-bond acceptors (Lipinski definition) is 4. The molecule has 1 fully saturated rings. The molecular weight excluding hydrogens is 390 g/mol. The molecule has 1 aromatic carbocycles. The minimum Gasteiger partial charge on any atom is -0.333 e. The number of aromatic amines is 1. The molecule has 0 spiro atoms. The van der Waals surface area contributed by atoms with Crippen LogP contribution < -0.4 is 10.9 Å². The molecule has 1 amide bonds. The Balaban J connectivity index is 0.00000240. The predicted molar refractivity (Wildman–Crippen MR) is 115 cm³/mol. The number of fused-ring (bicyclic) bond motifs is 1. The van der Waals surface area contributed by atoms with E-state index in [1.54, 1.807) is 19.2 Å². The van der Waals surface area contributed by atoms with Gasteiger partial charge in [-0.25, -0.2) is 9.50 Å². The number of halogens is 1. The molecule has 2 aromatic heterocycles. The first-order chi connectivity index (χ1) is 13.6. The predicted octanol–water partition coefficient (Wildman–Crippen LogP) is 2.03. The molecule has 1 saturated heterocycles. The Morgan fingerprint density at radius 2 is 2.00 bits per heavy atom. The Hall–Kier alpha value is -2.64. The number of carbonyl (C=O) groups is 1. The molecule has 1 unspecified atom stereocenters. The molecule has 0 radical (unpaired) electrons. The summed E-state index contributed by atoms with van der Waals surface area (Å²) in [6.45, 7) is 6.00. The molecule has 2 N–H and O–H groups in total. The van der Waals surface area contributed by atoms with Gasteiger partial charge in [-0.05, 0) is 24.5 Å². The standard InChI is InChI=1S/C21H25N5O2.ClH/c1-3-15-4-6-16(7-5-15)18-13-22-10-11-25(18)20(27)12-17-14(2)24-19-8-9-23-26(19)21(17)28;/h4-9,18,22-23H,3,10-13H2,1-2H3;1H. The summed E-state index contributed by atoms with van der Waals surface area (Å²) in [6.07, 6.45) is 2.72. The van der Waals surface area contributed by atoms with Crippen molar-refractivity contribution < 1.29 is 4.79 Å². The highest BCUT2D eigenvalue weighted by atomic mass is 35.5. The number of H-pyrrole nitrogens is 1. The normalized spacial score (nSPS) is 16.6. The number of carbonyl (C=O) groups excluding carboxylic acids is 1. The summed E-state index contributed by atoms with van der Waals surface area (Å²) in [4.78, 5) is 32.3. The maximum absolute atomic E-state index is 13.2. The first-order valence-electron chi connectivity index (χ1n) is 9.73. The molecule has 1 aliphatic rings. The van der Waals surface area contributed by atoms with Crippen LogP contribution in [0.2, 0.25) is 0 Å². The molecule has 7 nitrogen and oxygen atoms in total. The molecule has 8 heteroatoms. The fraction of sp³-hybridized carbons (Fsp3) is 0.381. The van der Waals surface area contributed by atoms with Crippen LogP contribution in [0.1, 0.15) is 35.3 Å². The third-order valence-corrected chi connectivity index (χ3v) is 5.51.